The van der Waals surface area contributed by atoms with Crippen molar-refractivity contribution >= 4 is 35.0 Å². The van der Waals surface area contributed by atoms with E-state index in [0.29, 0.717) is 51.3 Å². The fraction of sp³-hybridized carbons (Fsp3) is 0.154. The topological polar surface area (TPSA) is 135 Å². The second-order valence-corrected chi connectivity index (χ2v) is 9.95. The zero-order valence-corrected chi connectivity index (χ0v) is 21.9. The number of amides is 1. The van der Waals surface area contributed by atoms with E-state index in [2.05, 4.69) is 25.5 Å². The minimum absolute atomic E-state index is 0.162. The molecular weight excluding hydrogens is 543 g/mol. The van der Waals surface area contributed by atoms with E-state index < -0.39 is 6.09 Å². The van der Waals surface area contributed by atoms with E-state index in [1.807, 2.05) is 12.1 Å². The molecule has 3 aromatic heterocycles. The van der Waals surface area contributed by atoms with Gasteiger partial charge in [-0.2, -0.15) is 4.68 Å². The van der Waals surface area contributed by atoms with Gasteiger partial charge in [0, 0.05) is 40.6 Å². The summed E-state index contributed by atoms with van der Waals surface area (Å²) in [7, 11) is 1.45. The van der Waals surface area contributed by atoms with Crippen molar-refractivity contribution in [3.05, 3.63) is 93.0 Å². The number of anilines is 1. The van der Waals surface area contributed by atoms with Crippen LogP contribution in [0.1, 0.15) is 24.0 Å². The summed E-state index contributed by atoms with van der Waals surface area (Å²) in [5, 5.41) is 21.5. The van der Waals surface area contributed by atoms with Crippen LogP contribution in [0.15, 0.2) is 65.8 Å². The van der Waals surface area contributed by atoms with Crippen molar-refractivity contribution in [2.75, 3.05) is 11.9 Å². The lowest BCUT2D eigenvalue weighted by molar-refractivity contribution is 0.203. The molecule has 0 saturated carbocycles. The smallest absolute Gasteiger partial charge is 0.411 e. The predicted octanol–water partition coefficient (Wildman–Crippen LogP) is 4.84. The van der Waals surface area contributed by atoms with E-state index in [-0.39, 0.29) is 11.6 Å². The first-order valence-corrected chi connectivity index (χ1v) is 12.7. The number of H-pyrrole nitrogens is 1. The molecule has 0 saturated heterocycles. The van der Waals surface area contributed by atoms with Crippen LogP contribution < -0.4 is 10.5 Å². The Morgan fingerprint density at radius 2 is 1.97 bits per heavy atom. The molecule has 1 aliphatic heterocycles. The average molecular weight is 563 g/mol. The maximum atomic E-state index is 13.4. The summed E-state index contributed by atoms with van der Waals surface area (Å²) in [4.78, 5) is 33.6. The third-order valence-electron chi connectivity index (χ3n) is 6.83. The number of benzene rings is 2. The van der Waals surface area contributed by atoms with Gasteiger partial charge in [0.15, 0.2) is 0 Å². The van der Waals surface area contributed by atoms with Crippen molar-refractivity contribution in [3.8, 4) is 28.1 Å². The van der Waals surface area contributed by atoms with Gasteiger partial charge in [0.25, 0.3) is 5.56 Å². The minimum Gasteiger partial charge on any atom is -0.465 e. The molecule has 0 fully saturated rings. The van der Waals surface area contributed by atoms with Gasteiger partial charge in [-0.25, -0.2) is 9.78 Å². The Kier molecular flexibility index (Phi) is 6.16. The van der Waals surface area contributed by atoms with Crippen molar-refractivity contribution < 1.29 is 9.90 Å². The van der Waals surface area contributed by atoms with Crippen LogP contribution in [0.4, 0.5) is 10.5 Å². The number of hydrogen-bond donors (Lipinski definition) is 2. The van der Waals surface area contributed by atoms with E-state index in [0.717, 1.165) is 21.7 Å². The SMILES string of the molecule is CN(C(=O)O)c1ccc(-c2cnc([C@@H]3CCc4cc(-c5cc(Cl)ccc5-n5cnnn5)cc(=O)n43)[nH]2)c(Cl)c1. The van der Waals surface area contributed by atoms with E-state index in [1.165, 1.54) is 18.1 Å². The average Bonchev–Trinajstić information content (AvgIpc) is 3.69. The van der Waals surface area contributed by atoms with E-state index in [4.69, 9.17) is 23.2 Å². The van der Waals surface area contributed by atoms with Crippen molar-refractivity contribution in [2.24, 2.45) is 0 Å². The van der Waals surface area contributed by atoms with Crippen molar-refractivity contribution in [1.29, 1.82) is 0 Å². The summed E-state index contributed by atoms with van der Waals surface area (Å²) in [5.74, 6) is 0.638. The van der Waals surface area contributed by atoms with Gasteiger partial charge in [0.05, 0.1) is 28.6 Å². The molecule has 5 aromatic rings. The molecule has 196 valence electrons. The predicted molar refractivity (Wildman–Crippen MR) is 146 cm³/mol. The Morgan fingerprint density at radius 3 is 2.72 bits per heavy atom. The highest BCUT2D eigenvalue weighted by Gasteiger charge is 2.28. The molecule has 2 N–H and O–H groups in total. The number of halogens is 2. The molecule has 6 rings (SSSR count). The number of nitrogens with zero attached hydrogens (tertiary/aromatic N) is 7. The Balaban J connectivity index is 1.34. The standard InChI is InChI=1S/C26H20Cl2N8O3/c1-34(26(38)39)16-3-5-18(20(28)11-16)21-12-29-25(31-21)23-7-4-17-8-14(9-24(37)36(17)23)19-10-15(27)2-6-22(19)35-13-30-32-33-35/h2-3,5-6,8-13,23H,4,7H2,1H3,(H,29,31)(H,38,39)/t23-/m0/s1. The van der Waals surface area contributed by atoms with Gasteiger partial charge < -0.3 is 14.7 Å². The maximum Gasteiger partial charge on any atom is 0.411 e. The van der Waals surface area contributed by atoms with Gasteiger partial charge in [-0.05, 0) is 71.3 Å². The quantitative estimate of drug-likeness (QED) is 0.313. The molecule has 1 atom stereocenters. The van der Waals surface area contributed by atoms with Crippen LogP contribution in [0.2, 0.25) is 10.0 Å². The first-order chi connectivity index (χ1) is 18.8. The van der Waals surface area contributed by atoms with Crippen LogP contribution in [0.5, 0.6) is 0 Å². The summed E-state index contributed by atoms with van der Waals surface area (Å²) >= 11 is 12.8. The number of fused-ring (bicyclic) bond motifs is 1. The lowest BCUT2D eigenvalue weighted by Gasteiger charge is -2.15. The molecule has 0 bridgehead atoms. The molecule has 4 heterocycles. The Hall–Kier alpha value is -4.48. The highest BCUT2D eigenvalue weighted by Crippen LogP contribution is 2.36. The molecule has 13 heteroatoms. The van der Waals surface area contributed by atoms with Crippen LogP contribution in [0.25, 0.3) is 28.1 Å². The molecule has 0 aliphatic carbocycles. The fourth-order valence-electron chi connectivity index (χ4n) is 4.90. The van der Waals surface area contributed by atoms with Crippen LogP contribution in [0.3, 0.4) is 0 Å². The minimum atomic E-state index is -1.09. The zero-order chi connectivity index (χ0) is 27.3. The third-order valence-corrected chi connectivity index (χ3v) is 7.37. The molecule has 1 aliphatic rings. The number of carbonyl (C=O) groups is 1. The van der Waals surface area contributed by atoms with E-state index in [1.54, 1.807) is 47.2 Å². The van der Waals surface area contributed by atoms with Gasteiger partial charge in [-0.1, -0.05) is 23.2 Å². The third kappa shape index (κ3) is 4.45. The molecule has 0 radical (unpaired) electrons. The Morgan fingerprint density at radius 1 is 1.13 bits per heavy atom. The van der Waals surface area contributed by atoms with Gasteiger partial charge in [0.1, 0.15) is 12.2 Å². The molecule has 11 nitrogen and oxygen atoms in total. The summed E-state index contributed by atoms with van der Waals surface area (Å²) in [6, 6.07) is 13.6. The van der Waals surface area contributed by atoms with Gasteiger partial charge >= 0.3 is 6.09 Å². The number of imidazole rings is 1. The Labute approximate surface area is 231 Å². The highest BCUT2D eigenvalue weighted by molar-refractivity contribution is 6.33. The molecule has 39 heavy (non-hydrogen) atoms. The molecule has 0 unspecified atom stereocenters. The zero-order valence-electron chi connectivity index (χ0n) is 20.4. The summed E-state index contributed by atoms with van der Waals surface area (Å²) in [6.45, 7) is 0. The number of aromatic amines is 1. The number of hydrogen-bond acceptors (Lipinski definition) is 6. The van der Waals surface area contributed by atoms with Gasteiger partial charge in [-0.3, -0.25) is 9.69 Å². The number of tetrazole rings is 1. The van der Waals surface area contributed by atoms with Crippen LogP contribution >= 0.6 is 23.2 Å². The lowest BCUT2D eigenvalue weighted by Crippen LogP contribution is -2.24. The van der Waals surface area contributed by atoms with Crippen LogP contribution in [0, 0.1) is 0 Å². The van der Waals surface area contributed by atoms with Gasteiger partial charge in [0.2, 0.25) is 0 Å². The second-order valence-electron chi connectivity index (χ2n) is 9.10. The number of nitrogens with one attached hydrogen (secondary N) is 1. The monoisotopic (exact) mass is 562 g/mol. The molecular formula is C26H20Cl2N8O3. The largest absolute Gasteiger partial charge is 0.465 e. The first kappa shape index (κ1) is 24.8. The normalized spacial score (nSPS) is 14.4. The first-order valence-electron chi connectivity index (χ1n) is 11.9. The lowest BCUT2D eigenvalue weighted by atomic mass is 10.0. The van der Waals surface area contributed by atoms with Crippen LogP contribution in [-0.2, 0) is 6.42 Å². The van der Waals surface area contributed by atoms with Gasteiger partial charge in [-0.15, -0.1) is 5.10 Å². The molecule has 0 spiro atoms. The summed E-state index contributed by atoms with van der Waals surface area (Å²) < 4.78 is 3.28. The number of aryl methyl sites for hydroxylation is 1. The number of aromatic nitrogens is 7. The second kappa shape index (κ2) is 9.68. The van der Waals surface area contributed by atoms with Crippen molar-refractivity contribution in [1.82, 2.24) is 34.7 Å². The fourth-order valence-corrected chi connectivity index (χ4v) is 5.35. The molecule has 1 amide bonds. The highest BCUT2D eigenvalue weighted by atomic mass is 35.5. The summed E-state index contributed by atoms with van der Waals surface area (Å²) in [6.07, 6.45) is 3.44. The van der Waals surface area contributed by atoms with E-state index in [9.17, 15) is 14.7 Å². The summed E-state index contributed by atoms with van der Waals surface area (Å²) in [5.41, 5.74) is 4.68. The number of carboxylic acid groups (broad SMARTS) is 1. The maximum absolute atomic E-state index is 13.4. The van der Waals surface area contributed by atoms with Crippen LogP contribution in [-0.4, -0.2) is 53.0 Å². The number of rotatable bonds is 5. The number of pyridine rings is 1. The van der Waals surface area contributed by atoms with Crippen molar-refractivity contribution in [2.45, 2.75) is 18.9 Å². The molecule has 2 aromatic carbocycles. The Bertz CT molecular complexity index is 1780. The van der Waals surface area contributed by atoms with Crippen molar-refractivity contribution in [3.63, 3.8) is 0 Å². The van der Waals surface area contributed by atoms with E-state index >= 15 is 0 Å².